The van der Waals surface area contributed by atoms with Crippen LogP contribution in [0.1, 0.15) is 30.5 Å². The topological polar surface area (TPSA) is 70.1 Å². The third kappa shape index (κ3) is 4.92. The van der Waals surface area contributed by atoms with E-state index < -0.39 is 23.3 Å². The van der Waals surface area contributed by atoms with Crippen LogP contribution in [0.2, 0.25) is 0 Å². The SMILES string of the molecule is Cc1cc(CN2CCN(c3ccc(C(F)(F)F)cc3)C2=O)ccc1OC(C)(C)C(=O)O. The third-order valence-electron chi connectivity index (χ3n) is 5.09. The van der Waals surface area contributed by atoms with Crippen molar-refractivity contribution < 1.29 is 32.6 Å². The number of ether oxygens (including phenoxy) is 1. The van der Waals surface area contributed by atoms with Gasteiger partial charge in [0.2, 0.25) is 0 Å². The number of amides is 2. The maximum absolute atomic E-state index is 12.7. The van der Waals surface area contributed by atoms with E-state index in [1.165, 1.54) is 30.9 Å². The number of alkyl halides is 3. The third-order valence-corrected chi connectivity index (χ3v) is 5.09. The van der Waals surface area contributed by atoms with E-state index in [4.69, 9.17) is 4.74 Å². The first-order chi connectivity index (χ1) is 14.4. The van der Waals surface area contributed by atoms with Crippen LogP contribution in [0.25, 0.3) is 0 Å². The first-order valence-electron chi connectivity index (χ1n) is 9.64. The van der Waals surface area contributed by atoms with Crippen molar-refractivity contribution in [2.24, 2.45) is 0 Å². The predicted octanol–water partition coefficient (Wildman–Crippen LogP) is 4.70. The molecule has 0 unspecified atom stereocenters. The molecular weight excluding hydrogens is 413 g/mol. The Labute approximate surface area is 177 Å². The van der Waals surface area contributed by atoms with Crippen LogP contribution in [0.5, 0.6) is 5.75 Å². The summed E-state index contributed by atoms with van der Waals surface area (Å²) in [5.41, 5.74) is -0.155. The first kappa shape index (κ1) is 22.5. The number of hydrogen-bond donors (Lipinski definition) is 1. The summed E-state index contributed by atoms with van der Waals surface area (Å²) in [7, 11) is 0. The van der Waals surface area contributed by atoms with Gasteiger partial charge in [0.15, 0.2) is 5.60 Å². The Morgan fingerprint density at radius 1 is 1.10 bits per heavy atom. The van der Waals surface area contributed by atoms with Crippen molar-refractivity contribution in [1.82, 2.24) is 4.90 Å². The minimum Gasteiger partial charge on any atom is -0.478 e. The Kier molecular flexibility index (Phi) is 5.89. The Morgan fingerprint density at radius 3 is 2.29 bits per heavy atom. The number of anilines is 1. The summed E-state index contributed by atoms with van der Waals surface area (Å²) in [5, 5.41) is 9.21. The Morgan fingerprint density at radius 2 is 1.74 bits per heavy atom. The number of hydrogen-bond acceptors (Lipinski definition) is 3. The molecule has 2 aromatic rings. The molecule has 1 saturated heterocycles. The molecule has 1 heterocycles. The van der Waals surface area contributed by atoms with Gasteiger partial charge in [-0.05, 0) is 62.2 Å². The van der Waals surface area contributed by atoms with Gasteiger partial charge in [0.05, 0.1) is 5.56 Å². The Balaban J connectivity index is 1.68. The highest BCUT2D eigenvalue weighted by atomic mass is 19.4. The second kappa shape index (κ2) is 8.13. The maximum atomic E-state index is 12.7. The lowest BCUT2D eigenvalue weighted by atomic mass is 10.1. The largest absolute Gasteiger partial charge is 0.478 e. The lowest BCUT2D eigenvalue weighted by molar-refractivity contribution is -0.152. The average molecular weight is 436 g/mol. The highest BCUT2D eigenvalue weighted by molar-refractivity contribution is 5.94. The normalized spacial score (nSPS) is 14.8. The van der Waals surface area contributed by atoms with E-state index in [-0.39, 0.29) is 6.03 Å². The molecule has 1 N–H and O–H groups in total. The Hall–Kier alpha value is -3.23. The summed E-state index contributed by atoms with van der Waals surface area (Å²) in [6, 6.07) is 9.48. The molecule has 6 nitrogen and oxygen atoms in total. The van der Waals surface area contributed by atoms with Gasteiger partial charge in [0.25, 0.3) is 0 Å². The van der Waals surface area contributed by atoms with Crippen LogP contribution in [0.15, 0.2) is 42.5 Å². The van der Waals surface area contributed by atoms with Crippen LogP contribution >= 0.6 is 0 Å². The van der Waals surface area contributed by atoms with Crippen LogP contribution in [-0.4, -0.2) is 40.7 Å². The second-order valence-electron chi connectivity index (χ2n) is 7.92. The van der Waals surface area contributed by atoms with Crippen LogP contribution in [-0.2, 0) is 17.5 Å². The molecular formula is C22H23F3N2O4. The minimum absolute atomic E-state index is 0.287. The number of rotatable bonds is 6. The molecule has 2 aromatic carbocycles. The molecule has 0 atom stereocenters. The molecule has 31 heavy (non-hydrogen) atoms. The predicted molar refractivity (Wildman–Crippen MR) is 108 cm³/mol. The maximum Gasteiger partial charge on any atom is 0.416 e. The summed E-state index contributed by atoms with van der Waals surface area (Å²) in [4.78, 5) is 27.1. The van der Waals surface area contributed by atoms with E-state index in [0.717, 1.165) is 23.3 Å². The van der Waals surface area contributed by atoms with Crippen molar-refractivity contribution in [2.75, 3.05) is 18.0 Å². The second-order valence-corrected chi connectivity index (χ2v) is 7.92. The van der Waals surface area contributed by atoms with Crippen molar-refractivity contribution in [3.05, 3.63) is 59.2 Å². The average Bonchev–Trinajstić information content (AvgIpc) is 3.03. The van der Waals surface area contributed by atoms with Crippen LogP contribution in [0.4, 0.5) is 23.7 Å². The summed E-state index contributed by atoms with van der Waals surface area (Å²) in [6.45, 7) is 5.83. The van der Waals surface area contributed by atoms with Crippen molar-refractivity contribution in [2.45, 2.75) is 39.1 Å². The van der Waals surface area contributed by atoms with E-state index in [9.17, 15) is 27.9 Å². The molecule has 0 radical (unpaired) electrons. The van der Waals surface area contributed by atoms with Crippen molar-refractivity contribution in [3.8, 4) is 5.75 Å². The summed E-state index contributed by atoms with van der Waals surface area (Å²) < 4.78 is 43.8. The molecule has 3 rings (SSSR count). The molecule has 0 spiro atoms. The van der Waals surface area contributed by atoms with E-state index in [2.05, 4.69) is 0 Å². The summed E-state index contributed by atoms with van der Waals surface area (Å²) >= 11 is 0. The number of nitrogens with zero attached hydrogens (tertiary/aromatic N) is 2. The summed E-state index contributed by atoms with van der Waals surface area (Å²) in [6.07, 6.45) is -4.42. The highest BCUT2D eigenvalue weighted by Gasteiger charge is 2.33. The lowest BCUT2D eigenvalue weighted by Crippen LogP contribution is -2.38. The van der Waals surface area contributed by atoms with Crippen molar-refractivity contribution >= 4 is 17.7 Å². The van der Waals surface area contributed by atoms with E-state index in [1.54, 1.807) is 24.0 Å². The first-order valence-corrected chi connectivity index (χ1v) is 9.64. The van der Waals surface area contributed by atoms with Gasteiger partial charge >= 0.3 is 18.2 Å². The van der Waals surface area contributed by atoms with Crippen LogP contribution in [0, 0.1) is 6.92 Å². The number of aryl methyl sites for hydroxylation is 1. The van der Waals surface area contributed by atoms with Gasteiger partial charge in [-0.25, -0.2) is 9.59 Å². The van der Waals surface area contributed by atoms with Gasteiger partial charge in [0, 0.05) is 25.3 Å². The fraction of sp³-hybridized carbons (Fsp3) is 0.364. The number of benzene rings is 2. The van der Waals surface area contributed by atoms with Gasteiger partial charge in [-0.2, -0.15) is 13.2 Å². The van der Waals surface area contributed by atoms with E-state index in [1.807, 2.05) is 6.07 Å². The minimum atomic E-state index is -4.42. The zero-order valence-corrected chi connectivity index (χ0v) is 17.4. The number of carbonyl (C=O) groups is 2. The fourth-order valence-electron chi connectivity index (χ4n) is 3.26. The molecule has 1 aliphatic heterocycles. The number of urea groups is 1. The van der Waals surface area contributed by atoms with E-state index >= 15 is 0 Å². The fourth-order valence-corrected chi connectivity index (χ4v) is 3.26. The quantitative estimate of drug-likeness (QED) is 0.713. The monoisotopic (exact) mass is 436 g/mol. The van der Waals surface area contributed by atoms with Crippen molar-refractivity contribution in [1.29, 1.82) is 0 Å². The molecule has 0 bridgehead atoms. The smallest absolute Gasteiger partial charge is 0.416 e. The van der Waals surface area contributed by atoms with Gasteiger partial charge < -0.3 is 14.7 Å². The number of aliphatic carboxylic acids is 1. The van der Waals surface area contributed by atoms with Gasteiger partial charge in [-0.15, -0.1) is 0 Å². The summed E-state index contributed by atoms with van der Waals surface area (Å²) in [5.74, 6) is -0.641. The molecule has 9 heteroatoms. The van der Waals surface area contributed by atoms with Crippen LogP contribution < -0.4 is 9.64 Å². The van der Waals surface area contributed by atoms with Gasteiger partial charge in [-0.3, -0.25) is 4.90 Å². The molecule has 1 fully saturated rings. The standard InChI is InChI=1S/C22H23F3N2O4/c1-14-12-15(4-9-18(14)31-21(2,3)19(28)29)13-26-10-11-27(20(26)30)17-7-5-16(6-8-17)22(23,24)25/h4-9,12H,10-11,13H2,1-3H3,(H,28,29). The van der Waals surface area contributed by atoms with Crippen LogP contribution in [0.3, 0.4) is 0 Å². The zero-order valence-electron chi connectivity index (χ0n) is 17.4. The molecule has 166 valence electrons. The molecule has 0 saturated carbocycles. The lowest BCUT2D eigenvalue weighted by Gasteiger charge is -2.23. The highest BCUT2D eigenvalue weighted by Crippen LogP contribution is 2.31. The molecule has 0 aromatic heterocycles. The molecule has 0 aliphatic carbocycles. The number of carboxylic acids is 1. The zero-order chi connectivity index (χ0) is 23.0. The van der Waals surface area contributed by atoms with E-state index in [0.29, 0.717) is 31.1 Å². The number of carbonyl (C=O) groups excluding carboxylic acids is 1. The molecule has 2 amide bonds. The van der Waals surface area contributed by atoms with Gasteiger partial charge in [0.1, 0.15) is 5.75 Å². The number of halogens is 3. The number of carboxylic acid groups (broad SMARTS) is 1. The Bertz CT molecular complexity index is 987. The van der Waals surface area contributed by atoms with Crippen molar-refractivity contribution in [3.63, 3.8) is 0 Å². The molecule has 1 aliphatic rings. The van der Waals surface area contributed by atoms with Gasteiger partial charge in [-0.1, -0.05) is 12.1 Å².